The molecule has 0 radical (unpaired) electrons. The first-order valence-electron chi connectivity index (χ1n) is 4.16. The van der Waals surface area contributed by atoms with E-state index in [0.29, 0.717) is 12.3 Å². The standard InChI is InChI=1S/C10H14N2O/c1-3-13-10-6-4-9(5-7-10)8(2)12-11/h4-7,12H,2-3,11H2,1H3. The summed E-state index contributed by atoms with van der Waals surface area (Å²) in [4.78, 5) is 0. The number of ether oxygens (including phenoxy) is 1. The average molecular weight is 178 g/mol. The van der Waals surface area contributed by atoms with Crippen LogP contribution < -0.4 is 16.0 Å². The molecule has 3 N–H and O–H groups in total. The highest BCUT2D eigenvalue weighted by atomic mass is 16.5. The van der Waals surface area contributed by atoms with Crippen LogP contribution in [0.15, 0.2) is 30.8 Å². The normalized spacial score (nSPS) is 9.38. The van der Waals surface area contributed by atoms with E-state index in [4.69, 9.17) is 10.6 Å². The van der Waals surface area contributed by atoms with Crippen LogP contribution in [0.1, 0.15) is 12.5 Å². The molecule has 0 aliphatic carbocycles. The van der Waals surface area contributed by atoms with Gasteiger partial charge in [0.2, 0.25) is 0 Å². The second-order valence-electron chi connectivity index (χ2n) is 2.58. The summed E-state index contributed by atoms with van der Waals surface area (Å²) in [5.74, 6) is 6.08. The Labute approximate surface area is 78.2 Å². The summed E-state index contributed by atoms with van der Waals surface area (Å²) in [5.41, 5.74) is 4.16. The van der Waals surface area contributed by atoms with E-state index in [1.165, 1.54) is 0 Å². The van der Waals surface area contributed by atoms with Gasteiger partial charge in [-0.1, -0.05) is 6.58 Å². The van der Waals surface area contributed by atoms with E-state index in [1.807, 2.05) is 31.2 Å². The minimum atomic E-state index is 0.676. The molecule has 0 spiro atoms. The third-order valence-corrected chi connectivity index (χ3v) is 1.69. The van der Waals surface area contributed by atoms with Crippen LogP contribution in [0.5, 0.6) is 5.75 Å². The molecule has 1 aromatic rings. The van der Waals surface area contributed by atoms with Crippen LogP contribution in [0.2, 0.25) is 0 Å². The molecule has 0 amide bonds. The molecule has 0 aliphatic heterocycles. The van der Waals surface area contributed by atoms with Crippen LogP contribution in [0.3, 0.4) is 0 Å². The molecule has 1 rings (SSSR count). The lowest BCUT2D eigenvalue weighted by Gasteiger charge is -2.06. The van der Waals surface area contributed by atoms with Crippen molar-refractivity contribution in [1.29, 1.82) is 0 Å². The summed E-state index contributed by atoms with van der Waals surface area (Å²) in [6.45, 7) is 6.37. The molecule has 1 aromatic carbocycles. The molecule has 0 atom stereocenters. The van der Waals surface area contributed by atoms with E-state index in [-0.39, 0.29) is 0 Å². The van der Waals surface area contributed by atoms with Crippen molar-refractivity contribution in [3.8, 4) is 5.75 Å². The molecule has 0 saturated carbocycles. The molecular formula is C10H14N2O. The lowest BCUT2D eigenvalue weighted by molar-refractivity contribution is 0.340. The Balaban J connectivity index is 2.75. The fraction of sp³-hybridized carbons (Fsp3) is 0.200. The molecule has 0 fully saturated rings. The third-order valence-electron chi connectivity index (χ3n) is 1.69. The first kappa shape index (κ1) is 9.61. The first-order valence-corrected chi connectivity index (χ1v) is 4.16. The van der Waals surface area contributed by atoms with Gasteiger partial charge in [-0.05, 0) is 36.8 Å². The van der Waals surface area contributed by atoms with Gasteiger partial charge in [0.05, 0.1) is 6.61 Å². The summed E-state index contributed by atoms with van der Waals surface area (Å²) >= 11 is 0. The minimum Gasteiger partial charge on any atom is -0.494 e. The lowest BCUT2D eigenvalue weighted by atomic mass is 10.2. The predicted octanol–water partition coefficient (Wildman–Crippen LogP) is 1.52. The van der Waals surface area contributed by atoms with Gasteiger partial charge in [0.25, 0.3) is 0 Å². The van der Waals surface area contributed by atoms with Gasteiger partial charge in [0.15, 0.2) is 0 Å². The van der Waals surface area contributed by atoms with Crippen molar-refractivity contribution in [3.63, 3.8) is 0 Å². The summed E-state index contributed by atoms with van der Waals surface area (Å²) < 4.78 is 5.29. The van der Waals surface area contributed by atoms with Gasteiger partial charge in [-0.25, -0.2) is 0 Å². The molecule has 0 aliphatic rings. The van der Waals surface area contributed by atoms with E-state index in [2.05, 4.69) is 12.0 Å². The van der Waals surface area contributed by atoms with Crippen LogP contribution in [0.4, 0.5) is 0 Å². The fourth-order valence-electron chi connectivity index (χ4n) is 1.00. The van der Waals surface area contributed by atoms with Gasteiger partial charge in [0, 0.05) is 5.70 Å². The van der Waals surface area contributed by atoms with Gasteiger partial charge in [-0.3, -0.25) is 5.84 Å². The Morgan fingerprint density at radius 3 is 2.54 bits per heavy atom. The molecule has 3 heteroatoms. The number of rotatable bonds is 4. The van der Waals surface area contributed by atoms with E-state index in [1.54, 1.807) is 0 Å². The molecule has 3 nitrogen and oxygen atoms in total. The van der Waals surface area contributed by atoms with Crippen LogP contribution >= 0.6 is 0 Å². The summed E-state index contributed by atoms with van der Waals surface area (Å²) in [6, 6.07) is 7.60. The monoisotopic (exact) mass is 178 g/mol. The highest BCUT2D eigenvalue weighted by molar-refractivity contribution is 5.61. The Bertz CT molecular complexity index is 279. The van der Waals surface area contributed by atoms with Crippen molar-refractivity contribution >= 4 is 5.70 Å². The average Bonchev–Trinajstić information content (AvgIpc) is 2.18. The summed E-state index contributed by atoms with van der Waals surface area (Å²) in [5, 5.41) is 0. The fourth-order valence-corrected chi connectivity index (χ4v) is 1.00. The van der Waals surface area contributed by atoms with E-state index in [9.17, 15) is 0 Å². The molecule has 13 heavy (non-hydrogen) atoms. The number of hydrogen-bond acceptors (Lipinski definition) is 3. The van der Waals surface area contributed by atoms with E-state index in [0.717, 1.165) is 11.3 Å². The number of benzene rings is 1. The molecule has 70 valence electrons. The van der Waals surface area contributed by atoms with Crippen LogP contribution in [0, 0.1) is 0 Å². The Morgan fingerprint density at radius 1 is 1.46 bits per heavy atom. The van der Waals surface area contributed by atoms with Gasteiger partial charge >= 0.3 is 0 Å². The maximum atomic E-state index is 5.29. The highest BCUT2D eigenvalue weighted by Crippen LogP contribution is 2.15. The number of hydrogen-bond donors (Lipinski definition) is 2. The maximum Gasteiger partial charge on any atom is 0.119 e. The zero-order valence-corrected chi connectivity index (χ0v) is 7.71. The topological polar surface area (TPSA) is 47.3 Å². The molecule has 0 heterocycles. The van der Waals surface area contributed by atoms with Gasteiger partial charge in [-0.2, -0.15) is 0 Å². The lowest BCUT2D eigenvalue weighted by Crippen LogP contribution is -2.18. The largest absolute Gasteiger partial charge is 0.494 e. The van der Waals surface area contributed by atoms with Crippen LogP contribution in [-0.4, -0.2) is 6.61 Å². The van der Waals surface area contributed by atoms with Crippen LogP contribution in [-0.2, 0) is 0 Å². The Hall–Kier alpha value is -1.48. The van der Waals surface area contributed by atoms with Crippen molar-refractivity contribution in [2.45, 2.75) is 6.92 Å². The van der Waals surface area contributed by atoms with Gasteiger partial charge in [-0.15, -0.1) is 0 Å². The third kappa shape index (κ3) is 2.49. The molecular weight excluding hydrogens is 164 g/mol. The number of nitrogens with two attached hydrogens (primary N) is 1. The van der Waals surface area contributed by atoms with Gasteiger partial charge in [0.1, 0.15) is 5.75 Å². The second-order valence-corrected chi connectivity index (χ2v) is 2.58. The SMILES string of the molecule is C=C(NN)c1ccc(OCC)cc1. The van der Waals surface area contributed by atoms with E-state index < -0.39 is 0 Å². The quantitative estimate of drug-likeness (QED) is 0.543. The predicted molar refractivity (Wildman–Crippen MR) is 54.0 cm³/mol. The van der Waals surface area contributed by atoms with Crippen molar-refractivity contribution in [2.75, 3.05) is 6.61 Å². The Morgan fingerprint density at radius 2 is 2.08 bits per heavy atom. The first-order chi connectivity index (χ1) is 6.27. The smallest absolute Gasteiger partial charge is 0.119 e. The Kier molecular flexibility index (Phi) is 3.34. The molecule has 0 unspecified atom stereocenters. The number of nitrogens with one attached hydrogen (secondary N) is 1. The van der Waals surface area contributed by atoms with Crippen molar-refractivity contribution < 1.29 is 4.74 Å². The zero-order valence-electron chi connectivity index (χ0n) is 7.71. The summed E-state index contributed by atoms with van der Waals surface area (Å²) in [7, 11) is 0. The summed E-state index contributed by atoms with van der Waals surface area (Å²) in [6.07, 6.45) is 0. The van der Waals surface area contributed by atoms with Gasteiger partial charge < -0.3 is 10.2 Å². The van der Waals surface area contributed by atoms with Crippen LogP contribution in [0.25, 0.3) is 5.70 Å². The molecule has 0 saturated heterocycles. The molecule has 0 aromatic heterocycles. The second kappa shape index (κ2) is 4.52. The maximum absolute atomic E-state index is 5.29. The minimum absolute atomic E-state index is 0.676. The zero-order chi connectivity index (χ0) is 9.68. The van der Waals surface area contributed by atoms with Crippen molar-refractivity contribution in [1.82, 2.24) is 5.43 Å². The van der Waals surface area contributed by atoms with Crippen molar-refractivity contribution in [2.24, 2.45) is 5.84 Å². The molecule has 0 bridgehead atoms. The number of hydrazine groups is 1. The highest BCUT2D eigenvalue weighted by Gasteiger charge is 1.96. The van der Waals surface area contributed by atoms with Crippen molar-refractivity contribution in [3.05, 3.63) is 36.4 Å². The van der Waals surface area contributed by atoms with E-state index >= 15 is 0 Å².